The molecule has 0 saturated carbocycles. The van der Waals surface area contributed by atoms with Crippen molar-refractivity contribution in [2.45, 2.75) is 13.8 Å². The lowest BCUT2D eigenvalue weighted by Crippen LogP contribution is -2.16. The van der Waals surface area contributed by atoms with Gasteiger partial charge >= 0.3 is 0 Å². The molecule has 2 amide bonds. The smallest absolute Gasteiger partial charge is 0.274 e. The highest BCUT2D eigenvalue weighted by Crippen LogP contribution is 2.26. The molecule has 3 rings (SSSR count). The third-order valence-corrected chi connectivity index (χ3v) is 4.53. The van der Waals surface area contributed by atoms with Gasteiger partial charge in [0.2, 0.25) is 0 Å². The summed E-state index contributed by atoms with van der Waals surface area (Å²) in [5.74, 6) is -0.704. The van der Waals surface area contributed by atoms with Crippen LogP contribution in [0.15, 0.2) is 66.7 Å². The number of nitrogens with one attached hydrogen (secondary N) is 2. The second-order valence-electron chi connectivity index (χ2n) is 6.51. The van der Waals surface area contributed by atoms with Crippen molar-refractivity contribution in [3.63, 3.8) is 0 Å². The largest absolute Gasteiger partial charge is 0.322 e. The van der Waals surface area contributed by atoms with Gasteiger partial charge in [-0.2, -0.15) is 0 Å². The van der Waals surface area contributed by atoms with Crippen molar-refractivity contribution in [3.8, 4) is 0 Å². The van der Waals surface area contributed by atoms with Gasteiger partial charge in [-0.15, -0.1) is 0 Å². The first-order valence-electron chi connectivity index (χ1n) is 8.89. The maximum atomic E-state index is 12.7. The van der Waals surface area contributed by atoms with E-state index in [1.54, 1.807) is 55.5 Å². The number of rotatable bonds is 5. The molecular formula is C22H19N3O4. The molecule has 29 heavy (non-hydrogen) atoms. The number of nitro groups is 1. The van der Waals surface area contributed by atoms with Gasteiger partial charge in [-0.25, -0.2) is 0 Å². The van der Waals surface area contributed by atoms with Crippen LogP contribution >= 0.6 is 0 Å². The molecule has 3 aromatic carbocycles. The Morgan fingerprint density at radius 1 is 0.793 bits per heavy atom. The first-order chi connectivity index (χ1) is 13.9. The van der Waals surface area contributed by atoms with E-state index in [4.69, 9.17) is 0 Å². The summed E-state index contributed by atoms with van der Waals surface area (Å²) >= 11 is 0. The molecule has 0 atom stereocenters. The first-order valence-corrected chi connectivity index (χ1v) is 8.89. The van der Waals surface area contributed by atoms with Gasteiger partial charge in [0.05, 0.1) is 16.2 Å². The summed E-state index contributed by atoms with van der Waals surface area (Å²) in [7, 11) is 0. The van der Waals surface area contributed by atoms with Gasteiger partial charge < -0.3 is 10.6 Å². The van der Waals surface area contributed by atoms with Gasteiger partial charge in [0.15, 0.2) is 0 Å². The van der Waals surface area contributed by atoms with E-state index in [2.05, 4.69) is 10.6 Å². The van der Waals surface area contributed by atoms with Crippen LogP contribution in [0.1, 0.15) is 31.8 Å². The first kappa shape index (κ1) is 19.8. The lowest BCUT2D eigenvalue weighted by molar-refractivity contribution is -0.385. The Balaban J connectivity index is 1.82. The highest BCUT2D eigenvalue weighted by molar-refractivity contribution is 6.08. The van der Waals surface area contributed by atoms with E-state index in [1.165, 1.54) is 12.1 Å². The molecule has 0 heterocycles. The van der Waals surface area contributed by atoms with E-state index in [0.717, 1.165) is 5.56 Å². The monoisotopic (exact) mass is 389 g/mol. The lowest BCUT2D eigenvalue weighted by Gasteiger charge is -2.12. The Hall–Kier alpha value is -4.00. The van der Waals surface area contributed by atoms with Gasteiger partial charge in [-0.05, 0) is 49.7 Å². The van der Waals surface area contributed by atoms with Crippen LogP contribution in [0.25, 0.3) is 0 Å². The van der Waals surface area contributed by atoms with Crippen LogP contribution in [0.2, 0.25) is 0 Å². The molecule has 7 nitrogen and oxygen atoms in total. The molecule has 2 N–H and O–H groups in total. The molecule has 0 aliphatic heterocycles. The average Bonchev–Trinajstić information content (AvgIpc) is 2.71. The number of benzene rings is 3. The SMILES string of the molecule is Cc1ccc(C(=O)Nc2cccc([N+](=O)[O-])c2C)cc1NC(=O)c1ccccc1. The Labute approximate surface area is 167 Å². The summed E-state index contributed by atoms with van der Waals surface area (Å²) in [4.78, 5) is 35.7. The molecule has 0 unspecified atom stereocenters. The fourth-order valence-electron chi connectivity index (χ4n) is 2.83. The lowest BCUT2D eigenvalue weighted by atomic mass is 10.1. The summed E-state index contributed by atoms with van der Waals surface area (Å²) in [5, 5.41) is 16.6. The van der Waals surface area contributed by atoms with Gasteiger partial charge in [0.25, 0.3) is 17.5 Å². The maximum absolute atomic E-state index is 12.7. The second-order valence-corrected chi connectivity index (χ2v) is 6.51. The minimum Gasteiger partial charge on any atom is -0.322 e. The van der Waals surface area contributed by atoms with Crippen LogP contribution in [0, 0.1) is 24.0 Å². The van der Waals surface area contributed by atoms with Crippen LogP contribution in [0.5, 0.6) is 0 Å². The number of nitro benzene ring substituents is 1. The fourth-order valence-corrected chi connectivity index (χ4v) is 2.83. The van der Waals surface area contributed by atoms with E-state index in [1.807, 2.05) is 13.0 Å². The van der Waals surface area contributed by atoms with Crippen molar-refractivity contribution in [2.24, 2.45) is 0 Å². The number of anilines is 2. The maximum Gasteiger partial charge on any atom is 0.274 e. The molecule has 0 aliphatic carbocycles. The third kappa shape index (κ3) is 4.47. The van der Waals surface area contributed by atoms with Gasteiger partial charge in [-0.1, -0.05) is 30.3 Å². The topological polar surface area (TPSA) is 101 Å². The molecule has 0 bridgehead atoms. The number of amides is 2. The van der Waals surface area contributed by atoms with Gasteiger partial charge in [0.1, 0.15) is 0 Å². The summed E-state index contributed by atoms with van der Waals surface area (Å²) < 4.78 is 0. The van der Waals surface area contributed by atoms with Crippen molar-refractivity contribution in [2.75, 3.05) is 10.6 Å². The van der Waals surface area contributed by atoms with E-state index in [9.17, 15) is 19.7 Å². The number of carbonyl (C=O) groups is 2. The zero-order valence-electron chi connectivity index (χ0n) is 15.9. The molecule has 0 aliphatic rings. The summed E-state index contributed by atoms with van der Waals surface area (Å²) in [6, 6.07) is 18.2. The molecule has 7 heteroatoms. The zero-order valence-corrected chi connectivity index (χ0v) is 15.9. The van der Waals surface area contributed by atoms with E-state index < -0.39 is 10.8 Å². The van der Waals surface area contributed by atoms with Crippen molar-refractivity contribution < 1.29 is 14.5 Å². The van der Waals surface area contributed by atoms with E-state index in [-0.39, 0.29) is 11.6 Å². The van der Waals surface area contributed by atoms with Crippen LogP contribution in [-0.2, 0) is 0 Å². The number of aryl methyl sites for hydroxylation is 1. The number of hydrogen-bond donors (Lipinski definition) is 2. The van der Waals surface area contributed by atoms with Crippen molar-refractivity contribution in [3.05, 3.63) is 99.1 Å². The standard InChI is InChI=1S/C22H19N3O4/c1-14-11-12-17(13-19(14)24-21(26)16-7-4-3-5-8-16)22(27)23-18-9-6-10-20(15(18)2)25(28)29/h3-13H,1-2H3,(H,23,27)(H,24,26). The predicted octanol–water partition coefficient (Wildman–Crippen LogP) is 4.72. The molecule has 0 saturated heterocycles. The van der Waals surface area contributed by atoms with Crippen molar-refractivity contribution in [1.29, 1.82) is 0 Å². The third-order valence-electron chi connectivity index (χ3n) is 4.53. The van der Waals surface area contributed by atoms with Crippen LogP contribution in [0.3, 0.4) is 0 Å². The summed E-state index contributed by atoms with van der Waals surface area (Å²) in [6.45, 7) is 3.40. The Bertz CT molecular complexity index is 1090. The molecule has 146 valence electrons. The Kier molecular flexibility index (Phi) is 5.69. The molecule has 0 fully saturated rings. The quantitative estimate of drug-likeness (QED) is 0.487. The normalized spacial score (nSPS) is 10.3. The minimum atomic E-state index is -0.492. The van der Waals surface area contributed by atoms with E-state index in [0.29, 0.717) is 28.1 Å². The predicted molar refractivity (Wildman–Crippen MR) is 111 cm³/mol. The molecule has 0 spiro atoms. The second kappa shape index (κ2) is 8.35. The highest BCUT2D eigenvalue weighted by atomic mass is 16.6. The molecule has 0 radical (unpaired) electrons. The molecular weight excluding hydrogens is 370 g/mol. The van der Waals surface area contributed by atoms with Gasteiger partial charge in [-0.3, -0.25) is 19.7 Å². The van der Waals surface area contributed by atoms with Crippen LogP contribution in [0.4, 0.5) is 17.1 Å². The molecule has 0 aromatic heterocycles. The average molecular weight is 389 g/mol. The Morgan fingerprint density at radius 3 is 2.14 bits per heavy atom. The minimum absolute atomic E-state index is 0.0671. The van der Waals surface area contributed by atoms with Crippen LogP contribution < -0.4 is 10.6 Å². The summed E-state index contributed by atoms with van der Waals surface area (Å²) in [5.41, 5.74) is 2.82. The number of hydrogen-bond acceptors (Lipinski definition) is 4. The number of nitrogens with zero attached hydrogens (tertiary/aromatic N) is 1. The van der Waals surface area contributed by atoms with Crippen LogP contribution in [-0.4, -0.2) is 16.7 Å². The van der Waals surface area contributed by atoms with E-state index >= 15 is 0 Å². The zero-order chi connectivity index (χ0) is 21.0. The fraction of sp³-hybridized carbons (Fsp3) is 0.0909. The van der Waals surface area contributed by atoms with Gasteiger partial charge in [0, 0.05) is 22.9 Å². The van der Waals surface area contributed by atoms with Crippen molar-refractivity contribution in [1.82, 2.24) is 0 Å². The number of carbonyl (C=O) groups excluding carboxylic acids is 2. The highest BCUT2D eigenvalue weighted by Gasteiger charge is 2.16. The Morgan fingerprint density at radius 2 is 1.45 bits per heavy atom. The van der Waals surface area contributed by atoms with Crippen molar-refractivity contribution >= 4 is 28.9 Å². The summed E-state index contributed by atoms with van der Waals surface area (Å²) in [6.07, 6.45) is 0. The molecule has 3 aromatic rings.